The first-order valence-electron chi connectivity index (χ1n) is 7.66. The molecule has 0 spiro atoms. The highest BCUT2D eigenvalue weighted by atomic mass is 79.9. The zero-order valence-corrected chi connectivity index (χ0v) is 16.6. The van der Waals surface area contributed by atoms with E-state index in [4.69, 9.17) is 5.73 Å². The van der Waals surface area contributed by atoms with Gasteiger partial charge in [0.15, 0.2) is 0 Å². The van der Waals surface area contributed by atoms with Gasteiger partial charge in [-0.05, 0) is 56.9 Å². The van der Waals surface area contributed by atoms with Crippen molar-refractivity contribution < 1.29 is 4.79 Å². The SMILES string of the molecule is Cc1cc(C(=O)NC2CCC(N)CC2)c2cc(Br)ccc2n1.Cl.Cl. The Morgan fingerprint density at radius 3 is 2.54 bits per heavy atom. The maximum Gasteiger partial charge on any atom is 0.252 e. The molecule has 1 aliphatic carbocycles. The highest BCUT2D eigenvalue weighted by Crippen LogP contribution is 2.24. The lowest BCUT2D eigenvalue weighted by atomic mass is 9.91. The molecule has 0 atom stereocenters. The smallest absolute Gasteiger partial charge is 0.252 e. The molecule has 1 aliphatic rings. The molecule has 1 fully saturated rings. The Hall–Kier alpha value is -0.880. The third kappa shape index (κ3) is 4.82. The lowest BCUT2D eigenvalue weighted by molar-refractivity contribution is 0.0927. The molecule has 3 N–H and O–H groups in total. The standard InChI is InChI=1S/C17H20BrN3O.2ClH/c1-10-8-15(14-9-11(18)2-7-16(14)20-10)17(22)21-13-5-3-12(19)4-6-13;;/h2,7-9,12-13H,3-6,19H2,1H3,(H,21,22);2*1H. The maximum atomic E-state index is 12.7. The van der Waals surface area contributed by atoms with Crippen molar-refractivity contribution >= 4 is 57.6 Å². The molecule has 1 aromatic carbocycles. The van der Waals surface area contributed by atoms with Crippen LogP contribution in [0.15, 0.2) is 28.7 Å². The first-order valence-corrected chi connectivity index (χ1v) is 8.45. The zero-order chi connectivity index (χ0) is 15.7. The Bertz CT molecular complexity index is 718. The van der Waals surface area contributed by atoms with Gasteiger partial charge < -0.3 is 11.1 Å². The Balaban J connectivity index is 0.00000144. The molecule has 2 aromatic rings. The van der Waals surface area contributed by atoms with Crippen molar-refractivity contribution in [2.75, 3.05) is 0 Å². The third-order valence-corrected chi connectivity index (χ3v) is 4.74. The summed E-state index contributed by atoms with van der Waals surface area (Å²) in [5, 5.41) is 4.04. The van der Waals surface area contributed by atoms with E-state index in [2.05, 4.69) is 26.2 Å². The molecular formula is C17H22BrCl2N3O. The van der Waals surface area contributed by atoms with E-state index in [1.54, 1.807) is 0 Å². The molecule has 1 aromatic heterocycles. The van der Waals surface area contributed by atoms with Crippen molar-refractivity contribution in [2.24, 2.45) is 5.73 Å². The number of rotatable bonds is 2. The number of fused-ring (bicyclic) bond motifs is 1. The van der Waals surface area contributed by atoms with E-state index in [0.29, 0.717) is 5.56 Å². The quantitative estimate of drug-likeness (QED) is 0.745. The van der Waals surface area contributed by atoms with Crippen molar-refractivity contribution in [3.8, 4) is 0 Å². The minimum absolute atomic E-state index is 0. The summed E-state index contributed by atoms with van der Waals surface area (Å²) in [6, 6.07) is 8.20. The van der Waals surface area contributed by atoms with E-state index in [-0.39, 0.29) is 42.8 Å². The molecule has 0 aliphatic heterocycles. The normalized spacial score (nSPS) is 20.0. The van der Waals surface area contributed by atoms with Gasteiger partial charge >= 0.3 is 0 Å². The van der Waals surface area contributed by atoms with Crippen LogP contribution in [-0.2, 0) is 0 Å². The van der Waals surface area contributed by atoms with E-state index in [9.17, 15) is 4.79 Å². The Labute approximate surface area is 162 Å². The van der Waals surface area contributed by atoms with Crippen molar-refractivity contribution in [1.82, 2.24) is 10.3 Å². The van der Waals surface area contributed by atoms with Gasteiger partial charge in [-0.15, -0.1) is 24.8 Å². The lowest BCUT2D eigenvalue weighted by Crippen LogP contribution is -2.40. The fraction of sp³-hybridized carbons (Fsp3) is 0.412. The van der Waals surface area contributed by atoms with Crippen LogP contribution in [0.1, 0.15) is 41.7 Å². The minimum Gasteiger partial charge on any atom is -0.349 e. The number of aromatic nitrogens is 1. The van der Waals surface area contributed by atoms with Gasteiger partial charge in [-0.3, -0.25) is 9.78 Å². The van der Waals surface area contributed by atoms with Crippen LogP contribution >= 0.6 is 40.7 Å². The average Bonchev–Trinajstić information content (AvgIpc) is 2.49. The van der Waals surface area contributed by atoms with E-state index >= 15 is 0 Å². The molecule has 1 saturated carbocycles. The minimum atomic E-state index is -0.0194. The first-order chi connectivity index (χ1) is 10.5. The van der Waals surface area contributed by atoms with Gasteiger partial charge in [-0.2, -0.15) is 0 Å². The largest absolute Gasteiger partial charge is 0.349 e. The Morgan fingerprint density at radius 2 is 1.88 bits per heavy atom. The number of nitrogens with two attached hydrogens (primary N) is 1. The second-order valence-corrected chi connectivity index (χ2v) is 6.97. The number of pyridine rings is 1. The van der Waals surface area contributed by atoms with Gasteiger partial charge in [0, 0.05) is 27.6 Å². The molecule has 132 valence electrons. The predicted molar refractivity (Wildman–Crippen MR) is 106 cm³/mol. The number of carbonyl (C=O) groups excluding carboxylic acids is 1. The molecule has 1 amide bonds. The highest BCUT2D eigenvalue weighted by Gasteiger charge is 2.21. The van der Waals surface area contributed by atoms with E-state index in [1.807, 2.05) is 31.2 Å². The summed E-state index contributed by atoms with van der Waals surface area (Å²) < 4.78 is 0.948. The molecule has 24 heavy (non-hydrogen) atoms. The van der Waals surface area contributed by atoms with Crippen molar-refractivity contribution in [3.05, 3.63) is 40.0 Å². The van der Waals surface area contributed by atoms with Gasteiger partial charge in [0.1, 0.15) is 0 Å². The van der Waals surface area contributed by atoms with Gasteiger partial charge in [0.25, 0.3) is 5.91 Å². The van der Waals surface area contributed by atoms with Gasteiger partial charge in [0.05, 0.1) is 11.1 Å². The molecule has 0 saturated heterocycles. The second-order valence-electron chi connectivity index (χ2n) is 6.06. The van der Waals surface area contributed by atoms with Crippen LogP contribution in [0.5, 0.6) is 0 Å². The number of nitrogens with one attached hydrogen (secondary N) is 1. The Morgan fingerprint density at radius 1 is 1.21 bits per heavy atom. The lowest BCUT2D eigenvalue weighted by Gasteiger charge is -2.27. The average molecular weight is 435 g/mol. The number of halogens is 3. The molecular weight excluding hydrogens is 413 g/mol. The van der Waals surface area contributed by atoms with E-state index < -0.39 is 0 Å². The summed E-state index contributed by atoms with van der Waals surface area (Å²) in [5.74, 6) is -0.0194. The third-order valence-electron chi connectivity index (χ3n) is 4.25. The number of carbonyl (C=O) groups is 1. The summed E-state index contributed by atoms with van der Waals surface area (Å²) in [4.78, 5) is 17.2. The maximum absolute atomic E-state index is 12.7. The molecule has 4 nitrogen and oxygen atoms in total. The number of aryl methyl sites for hydroxylation is 1. The van der Waals surface area contributed by atoms with Gasteiger partial charge in [0.2, 0.25) is 0 Å². The second kappa shape index (κ2) is 8.99. The van der Waals surface area contributed by atoms with Crippen LogP contribution in [0.3, 0.4) is 0 Å². The number of hydrogen-bond acceptors (Lipinski definition) is 3. The van der Waals surface area contributed by atoms with Crippen molar-refractivity contribution in [1.29, 1.82) is 0 Å². The summed E-state index contributed by atoms with van der Waals surface area (Å²) in [6.07, 6.45) is 3.87. The van der Waals surface area contributed by atoms with Crippen LogP contribution in [0.25, 0.3) is 10.9 Å². The number of hydrogen-bond donors (Lipinski definition) is 2. The van der Waals surface area contributed by atoms with Crippen LogP contribution in [0.4, 0.5) is 0 Å². The topological polar surface area (TPSA) is 68.0 Å². The molecule has 0 radical (unpaired) electrons. The van der Waals surface area contributed by atoms with Crippen molar-refractivity contribution in [3.63, 3.8) is 0 Å². The van der Waals surface area contributed by atoms with Crippen LogP contribution < -0.4 is 11.1 Å². The van der Waals surface area contributed by atoms with E-state index in [1.165, 1.54) is 0 Å². The summed E-state index contributed by atoms with van der Waals surface area (Å²) in [5.41, 5.74) is 8.32. The number of amides is 1. The van der Waals surface area contributed by atoms with Crippen LogP contribution in [0.2, 0.25) is 0 Å². The first kappa shape index (κ1) is 21.2. The summed E-state index contributed by atoms with van der Waals surface area (Å²) in [6.45, 7) is 1.91. The number of nitrogens with zero attached hydrogens (tertiary/aromatic N) is 1. The summed E-state index contributed by atoms with van der Waals surface area (Å²) >= 11 is 3.47. The van der Waals surface area contributed by atoms with Crippen LogP contribution in [-0.4, -0.2) is 23.0 Å². The highest BCUT2D eigenvalue weighted by molar-refractivity contribution is 9.10. The van der Waals surface area contributed by atoms with E-state index in [0.717, 1.165) is 46.8 Å². The molecule has 3 rings (SSSR count). The van der Waals surface area contributed by atoms with Crippen LogP contribution in [0, 0.1) is 6.92 Å². The number of benzene rings is 1. The van der Waals surface area contributed by atoms with Gasteiger partial charge in [-0.1, -0.05) is 15.9 Å². The molecule has 1 heterocycles. The van der Waals surface area contributed by atoms with Crippen molar-refractivity contribution in [2.45, 2.75) is 44.7 Å². The molecule has 7 heteroatoms. The monoisotopic (exact) mass is 433 g/mol. The van der Waals surface area contributed by atoms with Gasteiger partial charge in [-0.25, -0.2) is 0 Å². The predicted octanol–water partition coefficient (Wildman–Crippen LogP) is 4.15. The summed E-state index contributed by atoms with van der Waals surface area (Å²) in [7, 11) is 0. The Kier molecular flexibility index (Phi) is 7.93. The molecule has 0 bridgehead atoms. The molecule has 0 unspecified atom stereocenters. The fourth-order valence-electron chi connectivity index (χ4n) is 3.04. The fourth-order valence-corrected chi connectivity index (χ4v) is 3.41. The zero-order valence-electron chi connectivity index (χ0n) is 13.4.